The number of nitrogens with one attached hydrogen (secondary N) is 1. The Labute approximate surface area is 204 Å². The molecule has 0 aliphatic heterocycles. The van der Waals surface area contributed by atoms with E-state index in [0.29, 0.717) is 5.56 Å². The van der Waals surface area contributed by atoms with Crippen LogP contribution >= 0.6 is 0 Å². The van der Waals surface area contributed by atoms with Gasteiger partial charge in [0, 0.05) is 18.0 Å². The third kappa shape index (κ3) is 6.11. The van der Waals surface area contributed by atoms with Gasteiger partial charge in [-0.15, -0.1) is 0 Å². The molecule has 0 saturated heterocycles. The molecule has 0 spiro atoms. The van der Waals surface area contributed by atoms with Gasteiger partial charge in [0.2, 0.25) is 0 Å². The van der Waals surface area contributed by atoms with Crippen molar-refractivity contribution in [2.45, 2.75) is 24.5 Å². The van der Waals surface area contributed by atoms with E-state index in [0.717, 1.165) is 35.4 Å². The summed E-state index contributed by atoms with van der Waals surface area (Å²) in [6, 6.07) is 12.4. The number of aromatic amines is 1. The van der Waals surface area contributed by atoms with Crippen molar-refractivity contribution < 1.29 is 31.1 Å². The summed E-state index contributed by atoms with van der Waals surface area (Å²) < 4.78 is 68.8. The second kappa shape index (κ2) is 10.2. The van der Waals surface area contributed by atoms with Gasteiger partial charge in [-0.25, -0.2) is 8.42 Å². The normalized spacial score (nSPS) is 11.6. The molecule has 12 heteroatoms. The number of benzene rings is 2. The maximum absolute atomic E-state index is 13.5. The number of amides is 1. The molecule has 1 amide bonds. The van der Waals surface area contributed by atoms with Crippen molar-refractivity contribution in [3.8, 4) is 11.8 Å². The number of pyridine rings is 1. The van der Waals surface area contributed by atoms with Gasteiger partial charge in [0.15, 0.2) is 16.4 Å². The Hall–Kier alpha value is -4.11. The lowest BCUT2D eigenvalue weighted by Crippen LogP contribution is -2.35. The Morgan fingerprint density at radius 1 is 1.14 bits per heavy atom. The van der Waals surface area contributed by atoms with E-state index in [4.69, 9.17) is 10.00 Å². The molecule has 3 aromatic rings. The zero-order valence-electron chi connectivity index (χ0n) is 19.1. The Morgan fingerprint density at radius 2 is 1.81 bits per heavy atom. The predicted octanol–water partition coefficient (Wildman–Crippen LogP) is 3.86. The minimum Gasteiger partial charge on any atom is -0.477 e. The Morgan fingerprint density at radius 3 is 2.39 bits per heavy atom. The molecule has 0 saturated carbocycles. The van der Waals surface area contributed by atoms with Crippen molar-refractivity contribution in [2.75, 3.05) is 17.8 Å². The maximum atomic E-state index is 13.5. The SMILES string of the molecule is Cc1[nH]c(=O)c(C(=O)N(Cc2ccc(S(C)(=O)=O)cc2)c2cccc(C(F)(F)F)c2)cc1OCC#N. The second-order valence-corrected chi connectivity index (χ2v) is 9.82. The lowest BCUT2D eigenvalue weighted by atomic mass is 10.1. The summed E-state index contributed by atoms with van der Waals surface area (Å²) in [5, 5.41) is 8.76. The first-order chi connectivity index (χ1) is 16.8. The number of ether oxygens (including phenoxy) is 1. The van der Waals surface area contributed by atoms with E-state index in [1.807, 2.05) is 0 Å². The molecule has 1 N–H and O–H groups in total. The molecular formula is C24H20F3N3O5S. The number of carbonyl (C=O) groups is 1. The molecule has 0 fully saturated rings. The second-order valence-electron chi connectivity index (χ2n) is 7.80. The molecule has 188 valence electrons. The van der Waals surface area contributed by atoms with E-state index in [2.05, 4.69) is 4.98 Å². The van der Waals surface area contributed by atoms with Crippen LogP contribution in [0, 0.1) is 18.3 Å². The molecular weight excluding hydrogens is 499 g/mol. The summed E-state index contributed by atoms with van der Waals surface area (Å²) in [4.78, 5) is 29.5. The fourth-order valence-electron chi connectivity index (χ4n) is 3.32. The minimum atomic E-state index is -4.68. The predicted molar refractivity (Wildman–Crippen MR) is 124 cm³/mol. The molecule has 0 bridgehead atoms. The first-order valence-corrected chi connectivity index (χ1v) is 12.2. The number of hydrogen-bond acceptors (Lipinski definition) is 6. The van der Waals surface area contributed by atoms with Crippen molar-refractivity contribution in [2.24, 2.45) is 0 Å². The number of nitriles is 1. The standard InChI is InChI=1S/C24H20F3N3O5S/c1-15-21(35-11-10-28)13-20(22(31)29-15)23(32)30(18-5-3-4-17(12-18)24(25,26)27)14-16-6-8-19(9-7-16)36(2,33)34/h3-9,12-13H,11,14H2,1-2H3,(H,29,31). The zero-order chi connectivity index (χ0) is 26.7. The highest BCUT2D eigenvalue weighted by Gasteiger charge is 2.32. The van der Waals surface area contributed by atoms with Gasteiger partial charge < -0.3 is 14.6 Å². The minimum absolute atomic E-state index is 0.0254. The molecule has 2 aromatic carbocycles. The van der Waals surface area contributed by atoms with Crippen LogP contribution < -0.4 is 15.2 Å². The largest absolute Gasteiger partial charge is 0.477 e. The van der Waals surface area contributed by atoms with Crippen LogP contribution in [0.4, 0.5) is 18.9 Å². The van der Waals surface area contributed by atoms with Crippen molar-refractivity contribution >= 4 is 21.4 Å². The Kier molecular flexibility index (Phi) is 7.54. The van der Waals surface area contributed by atoms with Crippen LogP contribution in [-0.4, -0.2) is 32.2 Å². The monoisotopic (exact) mass is 519 g/mol. The van der Waals surface area contributed by atoms with Crippen molar-refractivity contribution in [3.63, 3.8) is 0 Å². The number of carbonyl (C=O) groups excluding carboxylic acids is 1. The van der Waals surface area contributed by atoms with Crippen LogP contribution in [0.5, 0.6) is 5.75 Å². The quantitative estimate of drug-likeness (QED) is 0.506. The summed E-state index contributed by atoms with van der Waals surface area (Å²) in [6.45, 7) is 0.868. The van der Waals surface area contributed by atoms with Crippen LogP contribution in [0.3, 0.4) is 0 Å². The van der Waals surface area contributed by atoms with E-state index in [9.17, 15) is 31.2 Å². The zero-order valence-corrected chi connectivity index (χ0v) is 19.9. The number of rotatable bonds is 7. The molecule has 0 aliphatic rings. The van der Waals surface area contributed by atoms with E-state index in [1.165, 1.54) is 37.3 Å². The van der Waals surface area contributed by atoms with Crippen LogP contribution in [0.2, 0.25) is 0 Å². The number of H-pyrrole nitrogens is 1. The van der Waals surface area contributed by atoms with Crippen LogP contribution in [0.1, 0.15) is 27.2 Å². The number of anilines is 1. The first kappa shape index (κ1) is 26.5. The van der Waals surface area contributed by atoms with Gasteiger partial charge in [-0.2, -0.15) is 18.4 Å². The molecule has 0 aliphatic carbocycles. The fourth-order valence-corrected chi connectivity index (χ4v) is 3.95. The van der Waals surface area contributed by atoms with Gasteiger partial charge in [0.05, 0.1) is 22.7 Å². The lowest BCUT2D eigenvalue weighted by Gasteiger charge is -2.24. The number of hydrogen-bond donors (Lipinski definition) is 1. The van der Waals surface area contributed by atoms with Crippen molar-refractivity contribution in [3.05, 3.63) is 87.3 Å². The van der Waals surface area contributed by atoms with Crippen LogP contribution in [0.25, 0.3) is 0 Å². The Balaban J connectivity index is 2.11. The van der Waals surface area contributed by atoms with Crippen LogP contribution in [-0.2, 0) is 22.6 Å². The number of aromatic nitrogens is 1. The average Bonchev–Trinajstić information content (AvgIpc) is 2.81. The number of halogens is 3. The van der Waals surface area contributed by atoms with Gasteiger partial charge in [0.1, 0.15) is 17.4 Å². The number of alkyl halides is 3. The highest BCUT2D eigenvalue weighted by Crippen LogP contribution is 2.32. The van der Waals surface area contributed by atoms with Gasteiger partial charge in [-0.1, -0.05) is 18.2 Å². The summed E-state index contributed by atoms with van der Waals surface area (Å²) in [7, 11) is -3.49. The van der Waals surface area contributed by atoms with Crippen molar-refractivity contribution in [1.82, 2.24) is 4.98 Å². The first-order valence-electron chi connectivity index (χ1n) is 10.3. The summed E-state index contributed by atoms with van der Waals surface area (Å²) >= 11 is 0. The van der Waals surface area contributed by atoms with Gasteiger partial charge in [-0.05, 0) is 42.8 Å². The van der Waals surface area contributed by atoms with E-state index >= 15 is 0 Å². The number of sulfone groups is 1. The molecule has 1 heterocycles. The third-order valence-electron chi connectivity index (χ3n) is 5.14. The highest BCUT2D eigenvalue weighted by molar-refractivity contribution is 7.90. The van der Waals surface area contributed by atoms with Gasteiger partial charge >= 0.3 is 6.18 Å². The smallest absolute Gasteiger partial charge is 0.416 e. The molecule has 36 heavy (non-hydrogen) atoms. The lowest BCUT2D eigenvalue weighted by molar-refractivity contribution is -0.137. The molecule has 1 aromatic heterocycles. The number of nitrogens with zero attached hydrogens (tertiary/aromatic N) is 2. The van der Waals surface area contributed by atoms with E-state index in [1.54, 1.807) is 6.07 Å². The van der Waals surface area contributed by atoms with Gasteiger partial charge in [-0.3, -0.25) is 9.59 Å². The molecule has 0 atom stereocenters. The fraction of sp³-hybridized carbons (Fsp3) is 0.208. The molecule has 0 radical (unpaired) electrons. The van der Waals surface area contributed by atoms with Crippen LogP contribution in [0.15, 0.2) is 64.3 Å². The number of aryl methyl sites for hydroxylation is 1. The topological polar surface area (TPSA) is 120 Å². The van der Waals surface area contributed by atoms with E-state index in [-0.39, 0.29) is 35.2 Å². The summed E-state index contributed by atoms with van der Waals surface area (Å²) in [5.74, 6) is -0.870. The van der Waals surface area contributed by atoms with Gasteiger partial charge in [0.25, 0.3) is 11.5 Å². The van der Waals surface area contributed by atoms with E-state index < -0.39 is 38.6 Å². The third-order valence-corrected chi connectivity index (χ3v) is 6.26. The maximum Gasteiger partial charge on any atom is 0.416 e. The molecule has 8 nitrogen and oxygen atoms in total. The molecule has 0 unspecified atom stereocenters. The highest BCUT2D eigenvalue weighted by atomic mass is 32.2. The Bertz CT molecular complexity index is 1490. The summed E-state index contributed by atoms with van der Waals surface area (Å²) in [6.07, 6.45) is -3.66. The summed E-state index contributed by atoms with van der Waals surface area (Å²) in [5.41, 5.74) is -1.70. The van der Waals surface area contributed by atoms with Crippen molar-refractivity contribution in [1.29, 1.82) is 5.26 Å². The molecule has 3 rings (SSSR count). The average molecular weight is 520 g/mol.